The molecule has 0 bridgehead atoms. The van der Waals surface area contributed by atoms with Crippen molar-refractivity contribution in [3.63, 3.8) is 0 Å². The Morgan fingerprint density at radius 1 is 1.50 bits per heavy atom. The molecule has 5 heteroatoms. The summed E-state index contributed by atoms with van der Waals surface area (Å²) in [4.78, 5) is 17.6. The predicted octanol–water partition coefficient (Wildman–Crippen LogP) is 2.02. The smallest absolute Gasteiger partial charge is 0.259 e. The van der Waals surface area contributed by atoms with Crippen LogP contribution in [0.2, 0.25) is 5.28 Å². The summed E-state index contributed by atoms with van der Waals surface area (Å²) in [6.45, 7) is 1.56. The number of nitrogens with one attached hydrogen (secondary N) is 1. The second kappa shape index (κ2) is 3.06. The summed E-state index contributed by atoms with van der Waals surface area (Å²) >= 11 is 5.56. The summed E-state index contributed by atoms with van der Waals surface area (Å²) in [7, 11) is 0. The van der Waals surface area contributed by atoms with Crippen LogP contribution >= 0.6 is 11.6 Å². The molecule has 0 unspecified atom stereocenters. The van der Waals surface area contributed by atoms with E-state index in [-0.39, 0.29) is 10.8 Å². The van der Waals surface area contributed by atoms with Crippen LogP contribution in [0.15, 0.2) is 16.9 Å². The average molecular weight is 213 g/mol. The molecule has 0 atom stereocenters. The van der Waals surface area contributed by atoms with Gasteiger partial charge in [0.05, 0.1) is 10.9 Å². The number of nitrogens with zero attached hydrogens (tertiary/aromatic N) is 1. The molecular weight excluding hydrogens is 207 g/mol. The van der Waals surface area contributed by atoms with Crippen molar-refractivity contribution in [3.05, 3.63) is 39.2 Å². The molecule has 0 fully saturated rings. The van der Waals surface area contributed by atoms with Gasteiger partial charge < -0.3 is 0 Å². The molecule has 1 aromatic carbocycles. The molecule has 0 aliphatic rings. The Hall–Kier alpha value is -1.42. The van der Waals surface area contributed by atoms with Crippen molar-refractivity contribution in [2.75, 3.05) is 0 Å². The minimum Gasteiger partial charge on any atom is -0.297 e. The highest BCUT2D eigenvalue weighted by atomic mass is 35.5. The van der Waals surface area contributed by atoms with Gasteiger partial charge in [0.25, 0.3) is 5.56 Å². The minimum absolute atomic E-state index is 0.0313. The lowest BCUT2D eigenvalue weighted by molar-refractivity contribution is 0.620. The number of aromatic nitrogens is 2. The highest BCUT2D eigenvalue weighted by Crippen LogP contribution is 2.16. The lowest BCUT2D eigenvalue weighted by atomic mass is 10.1. The molecule has 0 spiro atoms. The van der Waals surface area contributed by atoms with E-state index < -0.39 is 5.82 Å². The maximum atomic E-state index is 13.1. The Kier molecular flexibility index (Phi) is 2.00. The molecule has 0 radical (unpaired) electrons. The highest BCUT2D eigenvalue weighted by Gasteiger charge is 2.08. The Morgan fingerprint density at radius 3 is 2.93 bits per heavy atom. The third-order valence-electron chi connectivity index (χ3n) is 2.04. The standard InChI is InChI=1S/C9H6ClFN2O/c1-4-6(11)3-2-5-7(4)12-9(10)13-8(5)14/h2-3H,1H3,(H,12,13,14). The van der Waals surface area contributed by atoms with Crippen LogP contribution < -0.4 is 5.56 Å². The quantitative estimate of drug-likeness (QED) is 0.679. The van der Waals surface area contributed by atoms with Gasteiger partial charge in [-0.05, 0) is 30.7 Å². The molecule has 1 heterocycles. The van der Waals surface area contributed by atoms with E-state index in [2.05, 4.69) is 9.97 Å². The minimum atomic E-state index is -0.397. The van der Waals surface area contributed by atoms with Crippen molar-refractivity contribution in [3.8, 4) is 0 Å². The van der Waals surface area contributed by atoms with Crippen LogP contribution in [0.3, 0.4) is 0 Å². The van der Waals surface area contributed by atoms with Gasteiger partial charge in [-0.2, -0.15) is 0 Å². The maximum absolute atomic E-state index is 13.1. The normalized spacial score (nSPS) is 10.8. The molecule has 1 aromatic heterocycles. The second-order valence-electron chi connectivity index (χ2n) is 2.93. The fraction of sp³-hybridized carbons (Fsp3) is 0.111. The van der Waals surface area contributed by atoms with Crippen molar-refractivity contribution in [1.29, 1.82) is 0 Å². The van der Waals surface area contributed by atoms with Gasteiger partial charge in [0, 0.05) is 5.56 Å². The van der Waals surface area contributed by atoms with Crippen LogP contribution in [0, 0.1) is 12.7 Å². The lowest BCUT2D eigenvalue weighted by Crippen LogP contribution is -2.08. The topological polar surface area (TPSA) is 45.8 Å². The molecule has 0 amide bonds. The fourth-order valence-electron chi connectivity index (χ4n) is 1.29. The molecule has 0 saturated heterocycles. The summed E-state index contributed by atoms with van der Waals surface area (Å²) in [6, 6.07) is 2.63. The maximum Gasteiger partial charge on any atom is 0.259 e. The molecule has 0 aliphatic carbocycles. The number of fused-ring (bicyclic) bond motifs is 1. The van der Waals surface area contributed by atoms with E-state index in [4.69, 9.17) is 11.6 Å². The first-order valence-corrected chi connectivity index (χ1v) is 4.32. The zero-order chi connectivity index (χ0) is 10.3. The largest absolute Gasteiger partial charge is 0.297 e. The molecule has 2 aromatic rings. The molecule has 72 valence electrons. The van der Waals surface area contributed by atoms with E-state index in [1.165, 1.54) is 12.1 Å². The monoisotopic (exact) mass is 212 g/mol. The van der Waals surface area contributed by atoms with Crippen LogP contribution in [-0.2, 0) is 0 Å². The van der Waals surface area contributed by atoms with Gasteiger partial charge in [-0.15, -0.1) is 0 Å². The van der Waals surface area contributed by atoms with E-state index in [0.717, 1.165) is 0 Å². The summed E-state index contributed by atoms with van der Waals surface area (Å²) < 4.78 is 13.1. The van der Waals surface area contributed by atoms with Crippen LogP contribution in [0.1, 0.15) is 5.56 Å². The summed E-state index contributed by atoms with van der Waals surface area (Å²) in [6.07, 6.45) is 0. The Morgan fingerprint density at radius 2 is 2.21 bits per heavy atom. The molecule has 3 nitrogen and oxygen atoms in total. The SMILES string of the molecule is Cc1c(F)ccc2c(=O)[nH]c(Cl)nc12. The van der Waals surface area contributed by atoms with Gasteiger partial charge in [-0.25, -0.2) is 9.37 Å². The van der Waals surface area contributed by atoms with Gasteiger partial charge in [0.15, 0.2) is 0 Å². The van der Waals surface area contributed by atoms with Crippen LogP contribution in [0.4, 0.5) is 4.39 Å². The highest BCUT2D eigenvalue weighted by molar-refractivity contribution is 6.28. The van der Waals surface area contributed by atoms with Crippen molar-refractivity contribution in [1.82, 2.24) is 9.97 Å². The zero-order valence-corrected chi connectivity index (χ0v) is 8.02. The first-order valence-electron chi connectivity index (χ1n) is 3.94. The van der Waals surface area contributed by atoms with E-state index in [9.17, 15) is 9.18 Å². The van der Waals surface area contributed by atoms with Gasteiger partial charge >= 0.3 is 0 Å². The van der Waals surface area contributed by atoms with E-state index in [1.54, 1.807) is 6.92 Å². The molecule has 2 rings (SSSR count). The first kappa shape index (κ1) is 9.15. The van der Waals surface area contributed by atoms with E-state index in [0.29, 0.717) is 16.5 Å². The van der Waals surface area contributed by atoms with Crippen molar-refractivity contribution < 1.29 is 4.39 Å². The van der Waals surface area contributed by atoms with E-state index >= 15 is 0 Å². The first-order chi connectivity index (χ1) is 6.59. The number of halogens is 2. The predicted molar refractivity (Wildman–Crippen MR) is 52.1 cm³/mol. The molecule has 14 heavy (non-hydrogen) atoms. The number of H-pyrrole nitrogens is 1. The zero-order valence-electron chi connectivity index (χ0n) is 7.27. The molecule has 1 N–H and O–H groups in total. The third-order valence-corrected chi connectivity index (χ3v) is 2.22. The van der Waals surface area contributed by atoms with Gasteiger partial charge in [-0.3, -0.25) is 9.78 Å². The molecule has 0 aliphatic heterocycles. The number of aromatic amines is 1. The Labute approximate surface area is 83.5 Å². The Bertz CT molecular complexity index is 564. The Balaban J connectivity index is 3.03. The number of benzene rings is 1. The summed E-state index contributed by atoms with van der Waals surface area (Å²) in [5.41, 5.74) is 0.275. The number of hydrogen-bond donors (Lipinski definition) is 1. The number of aryl methyl sites for hydroxylation is 1. The van der Waals surface area contributed by atoms with E-state index in [1.807, 2.05) is 0 Å². The van der Waals surface area contributed by atoms with Crippen LogP contribution in [0.5, 0.6) is 0 Å². The van der Waals surface area contributed by atoms with Gasteiger partial charge in [-0.1, -0.05) is 0 Å². The molecular formula is C9H6ClFN2O. The fourth-order valence-corrected chi connectivity index (χ4v) is 1.46. The van der Waals surface area contributed by atoms with Gasteiger partial charge in [0.2, 0.25) is 5.28 Å². The second-order valence-corrected chi connectivity index (χ2v) is 3.28. The van der Waals surface area contributed by atoms with Crippen LogP contribution in [0.25, 0.3) is 10.9 Å². The third kappa shape index (κ3) is 1.28. The van der Waals surface area contributed by atoms with Crippen molar-refractivity contribution in [2.24, 2.45) is 0 Å². The number of hydrogen-bond acceptors (Lipinski definition) is 2. The summed E-state index contributed by atoms with van der Waals surface area (Å²) in [5, 5.41) is 0.310. The van der Waals surface area contributed by atoms with Gasteiger partial charge in [0.1, 0.15) is 5.82 Å². The molecule has 0 saturated carbocycles. The summed E-state index contributed by atoms with van der Waals surface area (Å²) in [5.74, 6) is -0.397. The van der Waals surface area contributed by atoms with Crippen LogP contribution in [-0.4, -0.2) is 9.97 Å². The lowest BCUT2D eigenvalue weighted by Gasteiger charge is -2.01. The van der Waals surface area contributed by atoms with Crippen molar-refractivity contribution >= 4 is 22.5 Å². The average Bonchev–Trinajstić information content (AvgIpc) is 2.12. The number of rotatable bonds is 0. The van der Waals surface area contributed by atoms with Crippen molar-refractivity contribution in [2.45, 2.75) is 6.92 Å².